The van der Waals surface area contributed by atoms with Gasteiger partial charge in [0.25, 0.3) is 0 Å². The molecule has 0 bridgehead atoms. The largest absolute Gasteiger partial charge is 0.416 e. The fourth-order valence-electron chi connectivity index (χ4n) is 2.16. The second-order valence-electron chi connectivity index (χ2n) is 5.95. The van der Waals surface area contributed by atoms with Gasteiger partial charge in [0.15, 0.2) is 5.11 Å². The van der Waals surface area contributed by atoms with Gasteiger partial charge in [0, 0.05) is 17.9 Å². The van der Waals surface area contributed by atoms with Crippen molar-refractivity contribution < 1.29 is 30.0 Å². The van der Waals surface area contributed by atoms with Crippen LogP contribution in [0.4, 0.5) is 24.5 Å². The van der Waals surface area contributed by atoms with Crippen LogP contribution in [-0.4, -0.2) is 34.2 Å². The highest BCUT2D eigenvalue weighted by atomic mass is 32.2. The van der Waals surface area contributed by atoms with Gasteiger partial charge in [0.2, 0.25) is 20.0 Å². The number of halogens is 3. The number of rotatable bonds is 7. The lowest BCUT2D eigenvalue weighted by atomic mass is 10.2. The Kier molecular flexibility index (Phi) is 7.28. The standard InChI is InChI=1S/C16H17F3N4O4S3/c17-16(18,19)11-1-3-12(4-2-11)22-15(28)21-9-10-29(24,25)23-13-5-7-14(8-6-13)30(20,26)27/h1-8,23H,9-10H2,(H2,20,26,27)(H2,21,22,28). The summed E-state index contributed by atoms with van der Waals surface area (Å²) >= 11 is 4.98. The Hall–Kier alpha value is -2.42. The molecule has 0 aliphatic heterocycles. The third-order valence-electron chi connectivity index (χ3n) is 3.58. The molecule has 0 fully saturated rings. The molecule has 0 saturated carbocycles. The number of hydrogen-bond donors (Lipinski definition) is 4. The maximum Gasteiger partial charge on any atom is 0.416 e. The van der Waals surface area contributed by atoms with Crippen LogP contribution >= 0.6 is 12.2 Å². The Morgan fingerprint density at radius 2 is 1.47 bits per heavy atom. The molecular formula is C16H17F3N4O4S3. The van der Waals surface area contributed by atoms with Gasteiger partial charge in [0.05, 0.1) is 16.2 Å². The van der Waals surface area contributed by atoms with Crippen molar-refractivity contribution in [3.8, 4) is 0 Å². The number of nitrogens with two attached hydrogens (primary N) is 1. The molecular weight excluding hydrogens is 465 g/mol. The number of alkyl halides is 3. The van der Waals surface area contributed by atoms with Crippen molar-refractivity contribution in [2.24, 2.45) is 5.14 Å². The van der Waals surface area contributed by atoms with Crippen molar-refractivity contribution >= 4 is 48.8 Å². The molecule has 0 atom stereocenters. The average Bonchev–Trinajstić information content (AvgIpc) is 2.60. The summed E-state index contributed by atoms with van der Waals surface area (Å²) in [5.41, 5.74) is -0.356. The van der Waals surface area contributed by atoms with E-state index in [2.05, 4.69) is 15.4 Å². The molecule has 0 amide bonds. The van der Waals surface area contributed by atoms with Gasteiger partial charge in [-0.25, -0.2) is 22.0 Å². The number of anilines is 2. The summed E-state index contributed by atoms with van der Waals surface area (Å²) in [4.78, 5) is -0.160. The van der Waals surface area contributed by atoms with Crippen LogP contribution in [0.3, 0.4) is 0 Å². The van der Waals surface area contributed by atoms with E-state index >= 15 is 0 Å². The maximum absolute atomic E-state index is 12.5. The fourth-order valence-corrected chi connectivity index (χ4v) is 3.86. The minimum absolute atomic E-state index is 0.0301. The van der Waals surface area contributed by atoms with Crippen LogP contribution in [0.2, 0.25) is 0 Å². The SMILES string of the molecule is NS(=O)(=O)c1ccc(NS(=O)(=O)CCNC(=S)Nc2ccc(C(F)(F)F)cc2)cc1. The zero-order chi connectivity index (χ0) is 22.6. The second kappa shape index (κ2) is 9.16. The van der Waals surface area contributed by atoms with E-state index in [1.54, 1.807) is 0 Å². The maximum atomic E-state index is 12.5. The lowest BCUT2D eigenvalue weighted by Crippen LogP contribution is -2.34. The molecule has 2 aromatic carbocycles. The minimum Gasteiger partial charge on any atom is -0.361 e. The van der Waals surface area contributed by atoms with Crippen LogP contribution in [0.1, 0.15) is 5.56 Å². The molecule has 0 saturated heterocycles. The summed E-state index contributed by atoms with van der Waals surface area (Å²) in [7, 11) is -7.67. The smallest absolute Gasteiger partial charge is 0.361 e. The highest BCUT2D eigenvalue weighted by Crippen LogP contribution is 2.29. The summed E-state index contributed by atoms with van der Waals surface area (Å²) in [5.74, 6) is -0.376. The van der Waals surface area contributed by atoms with Crippen LogP contribution in [0, 0.1) is 0 Å². The van der Waals surface area contributed by atoms with E-state index in [0.717, 1.165) is 24.3 Å². The quantitative estimate of drug-likeness (QED) is 0.445. The highest BCUT2D eigenvalue weighted by molar-refractivity contribution is 7.92. The molecule has 0 radical (unpaired) electrons. The topological polar surface area (TPSA) is 130 Å². The van der Waals surface area contributed by atoms with Crippen molar-refractivity contribution in [3.05, 3.63) is 54.1 Å². The lowest BCUT2D eigenvalue weighted by molar-refractivity contribution is -0.137. The Bertz CT molecular complexity index is 1100. The van der Waals surface area contributed by atoms with Crippen LogP contribution in [-0.2, 0) is 26.2 Å². The molecule has 0 unspecified atom stereocenters. The van der Waals surface area contributed by atoms with Crippen molar-refractivity contribution in [2.75, 3.05) is 22.3 Å². The first kappa shape index (κ1) is 23.9. The van der Waals surface area contributed by atoms with Gasteiger partial charge in [-0.05, 0) is 60.7 Å². The summed E-state index contributed by atoms with van der Waals surface area (Å²) in [6.45, 7) is -0.0862. The van der Waals surface area contributed by atoms with Gasteiger partial charge in [-0.2, -0.15) is 13.2 Å². The fraction of sp³-hybridized carbons (Fsp3) is 0.188. The number of sulfonamides is 2. The number of primary sulfonamides is 1. The summed E-state index contributed by atoms with van der Waals surface area (Å²) in [6, 6.07) is 8.99. The lowest BCUT2D eigenvalue weighted by Gasteiger charge is -2.13. The van der Waals surface area contributed by atoms with Crippen molar-refractivity contribution in [1.29, 1.82) is 0 Å². The molecule has 0 aliphatic rings. The Morgan fingerprint density at radius 3 is 1.97 bits per heavy atom. The van der Waals surface area contributed by atoms with E-state index in [0.29, 0.717) is 5.69 Å². The summed E-state index contributed by atoms with van der Waals surface area (Å²) in [6.07, 6.45) is -4.45. The highest BCUT2D eigenvalue weighted by Gasteiger charge is 2.29. The molecule has 30 heavy (non-hydrogen) atoms. The van der Waals surface area contributed by atoms with E-state index in [-0.39, 0.29) is 28.0 Å². The molecule has 0 aromatic heterocycles. The Balaban J connectivity index is 1.84. The van der Waals surface area contributed by atoms with Crippen molar-refractivity contribution in [3.63, 3.8) is 0 Å². The van der Waals surface area contributed by atoms with E-state index < -0.39 is 31.8 Å². The Labute approximate surface area is 176 Å². The van der Waals surface area contributed by atoms with Gasteiger partial charge in [-0.3, -0.25) is 4.72 Å². The van der Waals surface area contributed by atoms with E-state index in [4.69, 9.17) is 17.4 Å². The Morgan fingerprint density at radius 1 is 0.933 bits per heavy atom. The molecule has 5 N–H and O–H groups in total. The van der Waals surface area contributed by atoms with Crippen LogP contribution in [0.15, 0.2) is 53.4 Å². The number of hydrogen-bond acceptors (Lipinski definition) is 5. The monoisotopic (exact) mass is 482 g/mol. The molecule has 2 aromatic rings. The molecule has 14 heteroatoms. The van der Waals surface area contributed by atoms with E-state index in [1.165, 1.54) is 24.3 Å². The first-order valence-corrected chi connectivity index (χ1v) is 11.7. The summed E-state index contributed by atoms with van der Waals surface area (Å²) < 4.78 is 86.4. The predicted octanol–water partition coefficient (Wildman–Crippen LogP) is 2.08. The third-order valence-corrected chi connectivity index (χ3v) is 6.05. The molecule has 0 spiro atoms. The molecule has 2 rings (SSSR count). The van der Waals surface area contributed by atoms with E-state index in [1.807, 2.05) is 0 Å². The molecule has 0 heterocycles. The van der Waals surface area contributed by atoms with Gasteiger partial charge in [0.1, 0.15) is 0 Å². The van der Waals surface area contributed by atoms with E-state index in [9.17, 15) is 30.0 Å². The number of nitrogens with one attached hydrogen (secondary N) is 3. The minimum atomic E-state index is -4.45. The van der Waals surface area contributed by atoms with Gasteiger partial charge in [-0.1, -0.05) is 0 Å². The average molecular weight is 483 g/mol. The number of benzene rings is 2. The predicted molar refractivity (Wildman–Crippen MR) is 111 cm³/mol. The zero-order valence-electron chi connectivity index (χ0n) is 15.1. The van der Waals surface area contributed by atoms with Crippen LogP contribution in [0.5, 0.6) is 0 Å². The van der Waals surface area contributed by atoms with Crippen LogP contribution < -0.4 is 20.5 Å². The van der Waals surface area contributed by atoms with Gasteiger partial charge < -0.3 is 10.6 Å². The molecule has 164 valence electrons. The van der Waals surface area contributed by atoms with Crippen molar-refractivity contribution in [2.45, 2.75) is 11.1 Å². The van der Waals surface area contributed by atoms with Crippen molar-refractivity contribution in [1.82, 2.24) is 5.32 Å². The van der Waals surface area contributed by atoms with Crippen LogP contribution in [0.25, 0.3) is 0 Å². The number of thiocarbonyl (C=S) groups is 1. The normalized spacial score (nSPS) is 12.3. The molecule has 8 nitrogen and oxygen atoms in total. The third kappa shape index (κ3) is 7.44. The van der Waals surface area contributed by atoms with Gasteiger partial charge >= 0.3 is 6.18 Å². The molecule has 0 aliphatic carbocycles. The summed E-state index contributed by atoms with van der Waals surface area (Å²) in [5, 5.41) is 10.3. The van der Waals surface area contributed by atoms with Gasteiger partial charge in [-0.15, -0.1) is 0 Å². The first-order chi connectivity index (χ1) is 13.8. The first-order valence-electron chi connectivity index (χ1n) is 8.12. The second-order valence-corrected chi connectivity index (χ2v) is 9.76. The zero-order valence-corrected chi connectivity index (χ0v) is 17.6.